The maximum Gasteiger partial charge on any atom is 0.317 e. The minimum Gasteiger partial charge on any atom is -0.454 e. The van der Waals surface area contributed by atoms with Gasteiger partial charge in [0.15, 0.2) is 11.5 Å². The number of hydrogen-bond donors (Lipinski definition) is 1. The molecule has 0 radical (unpaired) electrons. The van der Waals surface area contributed by atoms with Crippen LogP contribution < -0.4 is 14.8 Å². The Balaban J connectivity index is 1.59. The van der Waals surface area contributed by atoms with Crippen LogP contribution >= 0.6 is 0 Å². The largest absolute Gasteiger partial charge is 0.454 e. The summed E-state index contributed by atoms with van der Waals surface area (Å²) in [6.07, 6.45) is 2.21. The molecule has 0 aromatic heterocycles. The summed E-state index contributed by atoms with van der Waals surface area (Å²) in [5.41, 5.74) is 1.02. The Morgan fingerprint density at radius 3 is 2.96 bits per heavy atom. The number of amides is 2. The first-order valence-electron chi connectivity index (χ1n) is 8.23. The van der Waals surface area contributed by atoms with Gasteiger partial charge in [-0.15, -0.1) is 0 Å². The standard InChI is InChI=1S/C17H24N2O4/c1-3-19(17(20)18-12(2)14-5-4-8-21-14)10-13-6-7-15-16(9-13)23-11-22-15/h6-7,9,12,14H,3-5,8,10-11H2,1-2H3,(H,18,20)/t12-,14+/m0/s1. The van der Waals surface area contributed by atoms with Gasteiger partial charge in [0.25, 0.3) is 0 Å². The van der Waals surface area contributed by atoms with Crippen molar-refractivity contribution >= 4 is 6.03 Å². The maximum absolute atomic E-state index is 12.5. The highest BCUT2D eigenvalue weighted by molar-refractivity contribution is 5.74. The molecule has 0 bridgehead atoms. The third-order valence-electron chi connectivity index (χ3n) is 4.35. The minimum atomic E-state index is -0.0619. The van der Waals surface area contributed by atoms with Gasteiger partial charge in [0.1, 0.15) is 0 Å². The first-order valence-corrected chi connectivity index (χ1v) is 8.23. The molecule has 23 heavy (non-hydrogen) atoms. The van der Waals surface area contributed by atoms with E-state index in [9.17, 15) is 4.79 Å². The van der Waals surface area contributed by atoms with Crippen LogP contribution in [0.3, 0.4) is 0 Å². The summed E-state index contributed by atoms with van der Waals surface area (Å²) in [7, 11) is 0. The Morgan fingerprint density at radius 2 is 2.22 bits per heavy atom. The first-order chi connectivity index (χ1) is 11.2. The van der Waals surface area contributed by atoms with Gasteiger partial charge in [-0.25, -0.2) is 4.79 Å². The molecule has 0 saturated carbocycles. The van der Waals surface area contributed by atoms with E-state index in [1.807, 2.05) is 32.0 Å². The highest BCUT2D eigenvalue weighted by Gasteiger charge is 2.25. The number of ether oxygens (including phenoxy) is 3. The van der Waals surface area contributed by atoms with Gasteiger partial charge in [-0.05, 0) is 44.4 Å². The van der Waals surface area contributed by atoms with E-state index in [2.05, 4.69) is 5.32 Å². The van der Waals surface area contributed by atoms with Crippen LogP contribution in [0, 0.1) is 0 Å². The second-order valence-corrected chi connectivity index (χ2v) is 5.99. The zero-order chi connectivity index (χ0) is 16.2. The fourth-order valence-electron chi connectivity index (χ4n) is 2.96. The van der Waals surface area contributed by atoms with Gasteiger partial charge in [-0.3, -0.25) is 0 Å². The Kier molecular flexibility index (Phi) is 4.91. The molecule has 1 aromatic carbocycles. The average molecular weight is 320 g/mol. The van der Waals surface area contributed by atoms with E-state index in [-0.39, 0.29) is 25.0 Å². The second-order valence-electron chi connectivity index (χ2n) is 5.99. The molecular formula is C17H24N2O4. The fraction of sp³-hybridized carbons (Fsp3) is 0.588. The minimum absolute atomic E-state index is 0.0239. The van der Waals surface area contributed by atoms with E-state index in [0.29, 0.717) is 13.1 Å². The van der Waals surface area contributed by atoms with Crippen molar-refractivity contribution in [2.24, 2.45) is 0 Å². The van der Waals surface area contributed by atoms with Crippen molar-refractivity contribution in [1.29, 1.82) is 0 Å². The van der Waals surface area contributed by atoms with Crippen LogP contribution in [0.2, 0.25) is 0 Å². The van der Waals surface area contributed by atoms with Crippen molar-refractivity contribution < 1.29 is 19.0 Å². The van der Waals surface area contributed by atoms with Crippen LogP contribution in [-0.4, -0.2) is 43.0 Å². The molecule has 1 N–H and O–H groups in total. The van der Waals surface area contributed by atoms with Crippen molar-refractivity contribution in [3.05, 3.63) is 23.8 Å². The van der Waals surface area contributed by atoms with Crippen LogP contribution in [-0.2, 0) is 11.3 Å². The summed E-state index contributed by atoms with van der Waals surface area (Å²) < 4.78 is 16.3. The van der Waals surface area contributed by atoms with Gasteiger partial charge in [0.2, 0.25) is 6.79 Å². The summed E-state index contributed by atoms with van der Waals surface area (Å²) in [6.45, 7) is 6.20. The Bertz CT molecular complexity index is 558. The van der Waals surface area contributed by atoms with Crippen LogP contribution in [0.4, 0.5) is 4.79 Å². The van der Waals surface area contributed by atoms with E-state index >= 15 is 0 Å². The van der Waals surface area contributed by atoms with Crippen LogP contribution in [0.15, 0.2) is 18.2 Å². The smallest absolute Gasteiger partial charge is 0.317 e. The van der Waals surface area contributed by atoms with Crippen LogP contribution in [0.1, 0.15) is 32.3 Å². The normalized spacial score (nSPS) is 20.3. The van der Waals surface area contributed by atoms with Gasteiger partial charge in [-0.2, -0.15) is 0 Å². The molecule has 0 spiro atoms. The first kappa shape index (κ1) is 15.9. The molecule has 1 fully saturated rings. The second kappa shape index (κ2) is 7.08. The number of nitrogens with one attached hydrogen (secondary N) is 1. The Labute approximate surface area is 136 Å². The number of rotatable bonds is 5. The Hall–Kier alpha value is -1.95. The third-order valence-corrected chi connectivity index (χ3v) is 4.35. The molecule has 2 amide bonds. The third kappa shape index (κ3) is 3.69. The maximum atomic E-state index is 12.5. The van der Waals surface area contributed by atoms with Gasteiger partial charge < -0.3 is 24.4 Å². The number of urea groups is 1. The van der Waals surface area contributed by atoms with Crippen molar-refractivity contribution in [2.75, 3.05) is 19.9 Å². The molecule has 1 saturated heterocycles. The quantitative estimate of drug-likeness (QED) is 0.905. The lowest BCUT2D eigenvalue weighted by Gasteiger charge is -2.26. The van der Waals surface area contributed by atoms with E-state index in [0.717, 1.165) is 36.5 Å². The molecule has 1 aromatic rings. The Morgan fingerprint density at radius 1 is 1.39 bits per heavy atom. The van der Waals surface area contributed by atoms with Gasteiger partial charge in [0.05, 0.1) is 12.1 Å². The zero-order valence-corrected chi connectivity index (χ0v) is 13.7. The van der Waals surface area contributed by atoms with Crippen LogP contribution in [0.25, 0.3) is 0 Å². The van der Waals surface area contributed by atoms with Crippen molar-refractivity contribution in [3.63, 3.8) is 0 Å². The van der Waals surface area contributed by atoms with Gasteiger partial charge in [-0.1, -0.05) is 6.07 Å². The molecule has 2 heterocycles. The van der Waals surface area contributed by atoms with Crippen molar-refractivity contribution in [3.8, 4) is 11.5 Å². The molecular weight excluding hydrogens is 296 g/mol. The van der Waals surface area contributed by atoms with Crippen molar-refractivity contribution in [2.45, 2.75) is 45.4 Å². The average Bonchev–Trinajstić information content (AvgIpc) is 3.22. The molecule has 2 aliphatic rings. The van der Waals surface area contributed by atoms with E-state index in [1.54, 1.807) is 4.90 Å². The molecule has 2 atom stereocenters. The number of benzene rings is 1. The molecule has 0 aliphatic carbocycles. The predicted molar refractivity (Wildman–Crippen MR) is 85.6 cm³/mol. The van der Waals surface area contributed by atoms with Gasteiger partial charge in [0, 0.05) is 19.7 Å². The van der Waals surface area contributed by atoms with E-state index < -0.39 is 0 Å². The lowest BCUT2D eigenvalue weighted by molar-refractivity contribution is 0.0832. The highest BCUT2D eigenvalue weighted by atomic mass is 16.7. The topological polar surface area (TPSA) is 60.0 Å². The number of hydrogen-bond acceptors (Lipinski definition) is 4. The molecule has 2 aliphatic heterocycles. The molecule has 6 heteroatoms. The number of carbonyl (C=O) groups excluding carboxylic acids is 1. The van der Waals surface area contributed by atoms with Crippen molar-refractivity contribution in [1.82, 2.24) is 10.2 Å². The van der Waals surface area contributed by atoms with E-state index in [1.165, 1.54) is 0 Å². The molecule has 126 valence electrons. The number of carbonyl (C=O) groups is 1. The summed E-state index contributed by atoms with van der Waals surface area (Å²) in [5, 5.41) is 3.05. The summed E-state index contributed by atoms with van der Waals surface area (Å²) in [5.74, 6) is 1.50. The lowest BCUT2D eigenvalue weighted by Crippen LogP contribution is -2.47. The lowest BCUT2D eigenvalue weighted by atomic mass is 10.1. The predicted octanol–water partition coefficient (Wildman–Crippen LogP) is 2.51. The molecule has 6 nitrogen and oxygen atoms in total. The summed E-state index contributed by atoms with van der Waals surface area (Å²) >= 11 is 0. The molecule has 0 unspecified atom stereocenters. The van der Waals surface area contributed by atoms with E-state index in [4.69, 9.17) is 14.2 Å². The summed E-state index contributed by atoms with van der Waals surface area (Å²) in [6, 6.07) is 5.75. The zero-order valence-electron chi connectivity index (χ0n) is 13.7. The monoisotopic (exact) mass is 320 g/mol. The SMILES string of the molecule is CCN(Cc1ccc2c(c1)OCO2)C(=O)N[C@@H](C)[C@H]1CCCO1. The van der Waals surface area contributed by atoms with Crippen LogP contribution in [0.5, 0.6) is 11.5 Å². The number of fused-ring (bicyclic) bond motifs is 1. The van der Waals surface area contributed by atoms with Gasteiger partial charge >= 0.3 is 6.03 Å². The number of nitrogens with zero attached hydrogens (tertiary/aromatic N) is 1. The highest BCUT2D eigenvalue weighted by Crippen LogP contribution is 2.32. The fourth-order valence-corrected chi connectivity index (χ4v) is 2.96. The molecule has 3 rings (SSSR count). The summed E-state index contributed by atoms with van der Waals surface area (Å²) in [4.78, 5) is 14.3.